The molecule has 0 radical (unpaired) electrons. The highest BCUT2D eigenvalue weighted by molar-refractivity contribution is 5.31. The van der Waals surface area contributed by atoms with Gasteiger partial charge in [-0.25, -0.2) is 0 Å². The van der Waals surface area contributed by atoms with Gasteiger partial charge < -0.3 is 15.2 Å². The number of hydrogen-bond donors (Lipinski definition) is 2. The molecule has 1 aliphatic rings. The van der Waals surface area contributed by atoms with E-state index < -0.39 is 0 Å². The highest BCUT2D eigenvalue weighted by Crippen LogP contribution is 2.25. The second kappa shape index (κ2) is 5.17. The number of aliphatic hydroxyl groups is 1. The summed E-state index contributed by atoms with van der Waals surface area (Å²) in [4.78, 5) is 0. The maximum Gasteiger partial charge on any atom is 0.0721 e. The molecule has 0 spiro atoms. The summed E-state index contributed by atoms with van der Waals surface area (Å²) in [6.07, 6.45) is 0. The van der Waals surface area contributed by atoms with Gasteiger partial charge in [-0.15, -0.1) is 0 Å². The molecule has 1 atom stereocenters. The largest absolute Gasteiger partial charge is 0.396 e. The van der Waals surface area contributed by atoms with E-state index in [4.69, 9.17) is 4.74 Å². The van der Waals surface area contributed by atoms with Crippen molar-refractivity contribution >= 4 is 0 Å². The minimum Gasteiger partial charge on any atom is -0.396 e. The first-order valence-electron chi connectivity index (χ1n) is 6.12. The van der Waals surface area contributed by atoms with Crippen LogP contribution in [-0.2, 0) is 11.3 Å². The van der Waals surface area contributed by atoms with E-state index >= 15 is 0 Å². The molecule has 0 fully saturated rings. The maximum absolute atomic E-state index is 9.25. The number of nitrogens with one attached hydrogen (secondary N) is 1. The Balaban J connectivity index is 2.04. The van der Waals surface area contributed by atoms with Crippen molar-refractivity contribution in [3.63, 3.8) is 0 Å². The van der Waals surface area contributed by atoms with Gasteiger partial charge in [-0.05, 0) is 11.1 Å². The Bertz CT molecular complexity index is 376. The van der Waals surface area contributed by atoms with Crippen LogP contribution < -0.4 is 5.32 Å². The van der Waals surface area contributed by atoms with Crippen LogP contribution >= 0.6 is 0 Å². The average Bonchev–Trinajstić information content (AvgIpc) is 2.36. The van der Waals surface area contributed by atoms with E-state index in [2.05, 4.69) is 37.4 Å². The summed E-state index contributed by atoms with van der Waals surface area (Å²) in [6, 6.07) is 8.62. The summed E-state index contributed by atoms with van der Waals surface area (Å²) in [7, 11) is 0. The monoisotopic (exact) mass is 235 g/mol. The van der Waals surface area contributed by atoms with E-state index in [0.29, 0.717) is 13.2 Å². The molecular weight excluding hydrogens is 214 g/mol. The molecule has 1 aromatic carbocycles. The zero-order valence-corrected chi connectivity index (χ0v) is 10.6. The van der Waals surface area contributed by atoms with Crippen LogP contribution in [-0.4, -0.2) is 24.9 Å². The first kappa shape index (κ1) is 12.6. The molecule has 1 aliphatic heterocycles. The molecule has 94 valence electrons. The summed E-state index contributed by atoms with van der Waals surface area (Å²) in [5.41, 5.74) is 2.50. The van der Waals surface area contributed by atoms with E-state index in [9.17, 15) is 5.11 Å². The van der Waals surface area contributed by atoms with Gasteiger partial charge in [0.1, 0.15) is 0 Å². The molecule has 1 aromatic rings. The fraction of sp³-hybridized carbons (Fsp3) is 0.571. The lowest BCUT2D eigenvalue weighted by atomic mass is 9.93. The first-order chi connectivity index (χ1) is 8.12. The standard InChI is InChI=1S/C14H21NO2/c1-14(2,10-16)9-15-13-8-17-7-11-5-3-4-6-12(11)13/h3-6,13,15-16H,7-10H2,1-2H3. The molecule has 1 heterocycles. The first-order valence-corrected chi connectivity index (χ1v) is 6.12. The van der Waals surface area contributed by atoms with Crippen LogP contribution in [0.3, 0.4) is 0 Å². The fourth-order valence-corrected chi connectivity index (χ4v) is 2.01. The molecule has 0 aromatic heterocycles. The zero-order valence-electron chi connectivity index (χ0n) is 10.6. The normalized spacial score (nSPS) is 20.1. The molecule has 3 nitrogen and oxygen atoms in total. The second-order valence-corrected chi connectivity index (χ2v) is 5.47. The van der Waals surface area contributed by atoms with Crippen molar-refractivity contribution in [3.05, 3.63) is 35.4 Å². The Morgan fingerprint density at radius 3 is 2.94 bits per heavy atom. The molecule has 3 heteroatoms. The molecule has 2 N–H and O–H groups in total. The van der Waals surface area contributed by atoms with Crippen LogP contribution in [0.1, 0.15) is 31.0 Å². The topological polar surface area (TPSA) is 41.5 Å². The van der Waals surface area contributed by atoms with Gasteiger partial charge in [0.15, 0.2) is 0 Å². The summed E-state index contributed by atoms with van der Waals surface area (Å²) in [5.74, 6) is 0. The van der Waals surface area contributed by atoms with Crippen LogP contribution in [0.4, 0.5) is 0 Å². The minimum absolute atomic E-state index is 0.0909. The summed E-state index contributed by atoms with van der Waals surface area (Å²) >= 11 is 0. The number of benzene rings is 1. The number of aliphatic hydroxyl groups excluding tert-OH is 1. The quantitative estimate of drug-likeness (QED) is 0.837. The van der Waals surface area contributed by atoms with Crippen molar-refractivity contribution in [2.45, 2.75) is 26.5 Å². The highest BCUT2D eigenvalue weighted by Gasteiger charge is 2.23. The smallest absolute Gasteiger partial charge is 0.0721 e. The number of ether oxygens (including phenoxy) is 1. The number of rotatable bonds is 4. The predicted molar refractivity (Wildman–Crippen MR) is 67.7 cm³/mol. The van der Waals surface area contributed by atoms with Gasteiger partial charge in [-0.1, -0.05) is 38.1 Å². The van der Waals surface area contributed by atoms with Crippen molar-refractivity contribution < 1.29 is 9.84 Å². The Morgan fingerprint density at radius 1 is 1.41 bits per heavy atom. The lowest BCUT2D eigenvalue weighted by Gasteiger charge is -2.30. The van der Waals surface area contributed by atoms with Crippen molar-refractivity contribution in [3.8, 4) is 0 Å². The Labute approximate surface area is 103 Å². The van der Waals surface area contributed by atoms with Gasteiger partial charge in [0, 0.05) is 18.6 Å². The minimum atomic E-state index is -0.0909. The zero-order chi connectivity index (χ0) is 12.3. The van der Waals surface area contributed by atoms with Gasteiger partial charge in [0.05, 0.1) is 19.3 Å². The predicted octanol–water partition coefficient (Wildman–Crippen LogP) is 1.87. The third-order valence-electron chi connectivity index (χ3n) is 3.23. The van der Waals surface area contributed by atoms with Crippen LogP contribution in [0, 0.1) is 5.41 Å². The third kappa shape index (κ3) is 3.06. The van der Waals surface area contributed by atoms with Gasteiger partial charge in [-0.2, -0.15) is 0 Å². The van der Waals surface area contributed by atoms with Crippen molar-refractivity contribution in [2.75, 3.05) is 19.8 Å². The summed E-state index contributed by atoms with van der Waals surface area (Å²) in [6.45, 7) is 6.49. The lowest BCUT2D eigenvalue weighted by Crippen LogP contribution is -2.38. The average molecular weight is 235 g/mol. The summed E-state index contributed by atoms with van der Waals surface area (Å²) < 4.78 is 5.58. The van der Waals surface area contributed by atoms with E-state index in [-0.39, 0.29) is 18.1 Å². The molecule has 17 heavy (non-hydrogen) atoms. The molecule has 0 saturated heterocycles. The number of fused-ring (bicyclic) bond motifs is 1. The Hall–Kier alpha value is -0.900. The fourth-order valence-electron chi connectivity index (χ4n) is 2.01. The molecule has 0 saturated carbocycles. The van der Waals surface area contributed by atoms with E-state index in [1.165, 1.54) is 11.1 Å². The third-order valence-corrected chi connectivity index (χ3v) is 3.23. The molecule has 0 aliphatic carbocycles. The van der Waals surface area contributed by atoms with Gasteiger partial charge in [-0.3, -0.25) is 0 Å². The molecule has 1 unspecified atom stereocenters. The van der Waals surface area contributed by atoms with Gasteiger partial charge >= 0.3 is 0 Å². The SMILES string of the molecule is CC(C)(CO)CNC1COCc2ccccc21. The van der Waals surface area contributed by atoms with Crippen LogP contribution in [0.25, 0.3) is 0 Å². The van der Waals surface area contributed by atoms with Crippen molar-refractivity contribution in [1.29, 1.82) is 0 Å². The Kier molecular flexibility index (Phi) is 3.82. The molecule has 0 amide bonds. The van der Waals surface area contributed by atoms with E-state index in [1.54, 1.807) is 0 Å². The lowest BCUT2D eigenvalue weighted by molar-refractivity contribution is 0.0742. The van der Waals surface area contributed by atoms with Gasteiger partial charge in [0.25, 0.3) is 0 Å². The Morgan fingerprint density at radius 2 is 2.18 bits per heavy atom. The van der Waals surface area contributed by atoms with Crippen molar-refractivity contribution in [2.24, 2.45) is 5.41 Å². The highest BCUT2D eigenvalue weighted by atomic mass is 16.5. The van der Waals surface area contributed by atoms with Crippen molar-refractivity contribution in [1.82, 2.24) is 5.32 Å². The maximum atomic E-state index is 9.25. The second-order valence-electron chi connectivity index (χ2n) is 5.47. The molecule has 2 rings (SSSR count). The van der Waals surface area contributed by atoms with Gasteiger partial charge in [0.2, 0.25) is 0 Å². The van der Waals surface area contributed by atoms with Crippen LogP contribution in [0.2, 0.25) is 0 Å². The summed E-state index contributed by atoms with van der Waals surface area (Å²) in [5, 5.41) is 12.7. The molecule has 0 bridgehead atoms. The van der Waals surface area contributed by atoms with Crippen LogP contribution in [0.15, 0.2) is 24.3 Å². The molecular formula is C14H21NO2. The van der Waals surface area contributed by atoms with E-state index in [1.807, 2.05) is 6.07 Å². The van der Waals surface area contributed by atoms with E-state index in [0.717, 1.165) is 6.54 Å². The number of hydrogen-bond acceptors (Lipinski definition) is 3. The van der Waals surface area contributed by atoms with Crippen LogP contribution in [0.5, 0.6) is 0 Å².